The number of carbonyl (C=O) groups excluding carboxylic acids is 1. The molecule has 0 atom stereocenters. The lowest BCUT2D eigenvalue weighted by molar-refractivity contribution is 0.130. The Bertz CT molecular complexity index is 729. The molecule has 5 nitrogen and oxygen atoms in total. The topological polar surface area (TPSA) is 55.6 Å². The van der Waals surface area contributed by atoms with Crippen molar-refractivity contribution in [3.05, 3.63) is 35.3 Å². The van der Waals surface area contributed by atoms with E-state index in [1.807, 2.05) is 31.4 Å². The zero-order valence-corrected chi connectivity index (χ0v) is 14.5. The van der Waals surface area contributed by atoms with Crippen LogP contribution in [0, 0.1) is 0 Å². The number of carbonyl (C=O) groups is 1. The maximum absolute atomic E-state index is 11.7. The first-order chi connectivity index (χ1) is 10.9. The van der Waals surface area contributed by atoms with Gasteiger partial charge in [0.25, 0.3) is 0 Å². The number of imidazole rings is 1. The van der Waals surface area contributed by atoms with E-state index in [-0.39, 0.29) is 12.1 Å². The molecule has 1 fully saturated rings. The van der Waals surface area contributed by atoms with Gasteiger partial charge >= 0.3 is 6.09 Å². The SMILES string of the molecule is CC(C)(C)NC(=O)OCc1cn2cc(C3CC3)cc(CCl)c2n1. The van der Waals surface area contributed by atoms with Crippen molar-refractivity contribution in [2.45, 2.75) is 57.6 Å². The largest absolute Gasteiger partial charge is 0.443 e. The molecule has 0 unspecified atom stereocenters. The molecule has 23 heavy (non-hydrogen) atoms. The molecular formula is C17H22ClN3O2. The molecule has 0 aromatic carbocycles. The predicted octanol–water partition coefficient (Wildman–Crippen LogP) is 3.98. The molecule has 1 N–H and O–H groups in total. The number of hydrogen-bond acceptors (Lipinski definition) is 3. The molecule has 0 bridgehead atoms. The van der Waals surface area contributed by atoms with Crippen molar-refractivity contribution in [2.75, 3.05) is 0 Å². The monoisotopic (exact) mass is 335 g/mol. The van der Waals surface area contributed by atoms with Gasteiger partial charge in [0.05, 0.1) is 11.6 Å². The second-order valence-electron chi connectivity index (χ2n) is 7.12. The lowest BCUT2D eigenvalue weighted by Crippen LogP contribution is -2.40. The molecule has 1 aliphatic rings. The van der Waals surface area contributed by atoms with Crippen molar-refractivity contribution < 1.29 is 9.53 Å². The van der Waals surface area contributed by atoms with Crippen molar-refractivity contribution in [3.8, 4) is 0 Å². The molecule has 0 aliphatic heterocycles. The molecule has 0 radical (unpaired) electrons. The van der Waals surface area contributed by atoms with Crippen LogP contribution in [-0.2, 0) is 17.2 Å². The fourth-order valence-corrected chi connectivity index (χ4v) is 2.73. The Balaban J connectivity index is 1.76. The molecule has 0 spiro atoms. The van der Waals surface area contributed by atoms with Crippen LogP contribution in [0.3, 0.4) is 0 Å². The van der Waals surface area contributed by atoms with E-state index in [1.54, 1.807) is 0 Å². The number of hydrogen-bond donors (Lipinski definition) is 1. The summed E-state index contributed by atoms with van der Waals surface area (Å²) in [6.45, 7) is 5.87. The van der Waals surface area contributed by atoms with Gasteiger partial charge in [0.2, 0.25) is 0 Å². The maximum atomic E-state index is 11.7. The van der Waals surface area contributed by atoms with Crippen LogP contribution in [0.25, 0.3) is 5.65 Å². The summed E-state index contributed by atoms with van der Waals surface area (Å²) < 4.78 is 7.23. The van der Waals surface area contributed by atoms with Gasteiger partial charge in [-0.15, -0.1) is 11.6 Å². The van der Waals surface area contributed by atoms with Crippen molar-refractivity contribution in [1.29, 1.82) is 0 Å². The van der Waals surface area contributed by atoms with Gasteiger partial charge in [0.1, 0.15) is 12.3 Å². The first kappa shape index (κ1) is 16.1. The second kappa shape index (κ2) is 6.04. The molecule has 2 aromatic rings. The summed E-state index contributed by atoms with van der Waals surface area (Å²) in [4.78, 5) is 16.3. The van der Waals surface area contributed by atoms with Gasteiger partial charge in [0.15, 0.2) is 0 Å². The summed E-state index contributed by atoms with van der Waals surface area (Å²) in [5, 5.41) is 2.76. The molecular weight excluding hydrogens is 314 g/mol. The summed E-state index contributed by atoms with van der Waals surface area (Å²) in [5.74, 6) is 1.08. The average molecular weight is 336 g/mol. The van der Waals surface area contributed by atoms with Crippen LogP contribution in [0.15, 0.2) is 18.5 Å². The molecule has 6 heteroatoms. The third kappa shape index (κ3) is 3.96. The highest BCUT2D eigenvalue weighted by molar-refractivity contribution is 6.17. The lowest BCUT2D eigenvalue weighted by atomic mass is 10.1. The first-order valence-electron chi connectivity index (χ1n) is 7.87. The number of pyridine rings is 1. The van der Waals surface area contributed by atoms with E-state index in [9.17, 15) is 4.79 Å². The molecule has 1 amide bonds. The fraction of sp³-hybridized carbons (Fsp3) is 0.529. The number of amides is 1. The van der Waals surface area contributed by atoms with Crippen LogP contribution in [0.5, 0.6) is 0 Å². The third-order valence-corrected chi connectivity index (χ3v) is 4.01. The van der Waals surface area contributed by atoms with Gasteiger partial charge in [-0.3, -0.25) is 0 Å². The van der Waals surface area contributed by atoms with Crippen LogP contribution in [0.1, 0.15) is 56.4 Å². The Labute approximate surface area is 141 Å². The van der Waals surface area contributed by atoms with Gasteiger partial charge in [-0.25, -0.2) is 9.78 Å². The number of rotatable bonds is 4. The minimum Gasteiger partial charge on any atom is -0.443 e. The third-order valence-electron chi connectivity index (χ3n) is 3.72. The highest BCUT2D eigenvalue weighted by Gasteiger charge is 2.25. The van der Waals surface area contributed by atoms with Gasteiger partial charge in [-0.1, -0.05) is 0 Å². The molecule has 2 aromatic heterocycles. The number of nitrogens with one attached hydrogen (secondary N) is 1. The number of alkyl carbamates (subject to hydrolysis) is 1. The molecule has 0 saturated heterocycles. The summed E-state index contributed by atoms with van der Waals surface area (Å²) in [6.07, 6.45) is 6.05. The molecule has 1 aliphatic carbocycles. The van der Waals surface area contributed by atoms with E-state index in [2.05, 4.69) is 22.6 Å². The van der Waals surface area contributed by atoms with Gasteiger partial charge < -0.3 is 14.5 Å². The molecule has 1 saturated carbocycles. The number of halogens is 1. The second-order valence-corrected chi connectivity index (χ2v) is 7.39. The highest BCUT2D eigenvalue weighted by atomic mass is 35.5. The minimum atomic E-state index is -0.439. The number of ether oxygens (including phenoxy) is 1. The quantitative estimate of drug-likeness (QED) is 0.860. The number of alkyl halides is 1. The maximum Gasteiger partial charge on any atom is 0.407 e. The Hall–Kier alpha value is -1.75. The summed E-state index contributed by atoms with van der Waals surface area (Å²) >= 11 is 6.06. The van der Waals surface area contributed by atoms with Gasteiger partial charge in [-0.2, -0.15) is 0 Å². The summed E-state index contributed by atoms with van der Waals surface area (Å²) in [6, 6.07) is 2.14. The highest BCUT2D eigenvalue weighted by Crippen LogP contribution is 2.40. The van der Waals surface area contributed by atoms with Crippen molar-refractivity contribution in [1.82, 2.24) is 14.7 Å². The summed E-state index contributed by atoms with van der Waals surface area (Å²) in [5.41, 5.74) is 3.55. The van der Waals surface area contributed by atoms with E-state index in [1.165, 1.54) is 18.4 Å². The van der Waals surface area contributed by atoms with Crippen molar-refractivity contribution in [2.24, 2.45) is 0 Å². The predicted molar refractivity (Wildman–Crippen MR) is 89.8 cm³/mol. The Morgan fingerprint density at radius 3 is 2.78 bits per heavy atom. The van der Waals surface area contributed by atoms with Crippen LogP contribution in [0.2, 0.25) is 0 Å². The van der Waals surface area contributed by atoms with E-state index in [0.717, 1.165) is 11.2 Å². The molecule has 124 valence electrons. The number of fused-ring (bicyclic) bond motifs is 1. The zero-order chi connectivity index (χ0) is 16.6. The lowest BCUT2D eigenvalue weighted by Gasteiger charge is -2.19. The molecule has 2 heterocycles. The number of aromatic nitrogens is 2. The molecule has 3 rings (SSSR count). The minimum absolute atomic E-state index is 0.143. The Kier molecular flexibility index (Phi) is 4.23. The number of nitrogens with zero attached hydrogens (tertiary/aromatic N) is 2. The standard InChI is InChI=1S/C17H22ClN3O2/c1-17(2,3)20-16(22)23-10-14-9-21-8-13(11-4-5-11)6-12(7-18)15(21)19-14/h6,8-9,11H,4-5,7,10H2,1-3H3,(H,20,22). The zero-order valence-electron chi connectivity index (χ0n) is 13.7. The van der Waals surface area contributed by atoms with Gasteiger partial charge in [-0.05, 0) is 51.2 Å². The van der Waals surface area contributed by atoms with Crippen LogP contribution in [-0.4, -0.2) is 21.0 Å². The summed E-state index contributed by atoms with van der Waals surface area (Å²) in [7, 11) is 0. The van der Waals surface area contributed by atoms with Gasteiger partial charge in [0, 0.05) is 23.5 Å². The van der Waals surface area contributed by atoms with E-state index >= 15 is 0 Å². The fourth-order valence-electron chi connectivity index (χ4n) is 2.53. The Morgan fingerprint density at radius 1 is 1.43 bits per heavy atom. The van der Waals surface area contributed by atoms with E-state index in [4.69, 9.17) is 16.3 Å². The van der Waals surface area contributed by atoms with Crippen LogP contribution < -0.4 is 5.32 Å². The van der Waals surface area contributed by atoms with E-state index < -0.39 is 6.09 Å². The van der Waals surface area contributed by atoms with E-state index in [0.29, 0.717) is 17.5 Å². The average Bonchev–Trinajstić information content (AvgIpc) is 3.22. The Morgan fingerprint density at radius 2 is 2.17 bits per heavy atom. The smallest absolute Gasteiger partial charge is 0.407 e. The van der Waals surface area contributed by atoms with Crippen molar-refractivity contribution in [3.63, 3.8) is 0 Å². The first-order valence-corrected chi connectivity index (χ1v) is 8.40. The van der Waals surface area contributed by atoms with Crippen molar-refractivity contribution >= 4 is 23.3 Å². The van der Waals surface area contributed by atoms with Crippen LogP contribution >= 0.6 is 11.6 Å². The normalized spacial score (nSPS) is 15.0. The van der Waals surface area contributed by atoms with Crippen LogP contribution in [0.4, 0.5) is 4.79 Å².